The molecule has 3 aromatic rings. The molecule has 0 saturated carbocycles. The molecule has 4 rings (SSSR count). The molecule has 1 saturated heterocycles. The summed E-state index contributed by atoms with van der Waals surface area (Å²) in [5.74, 6) is -0.0952. The highest BCUT2D eigenvalue weighted by atomic mass is 16.2. The molecule has 0 bridgehead atoms. The first-order valence-electron chi connectivity index (χ1n) is 8.29. The fourth-order valence-electron chi connectivity index (χ4n) is 3.25. The van der Waals surface area contributed by atoms with Crippen LogP contribution in [0.5, 0.6) is 0 Å². The number of rotatable bonds is 3. The summed E-state index contributed by atoms with van der Waals surface area (Å²) in [7, 11) is 0. The molecule has 1 aromatic carbocycles. The molecule has 25 heavy (non-hydrogen) atoms. The molecule has 2 amide bonds. The average Bonchev–Trinajstić information content (AvgIpc) is 3.17. The Bertz CT molecular complexity index is 976. The summed E-state index contributed by atoms with van der Waals surface area (Å²) in [6, 6.07) is 13.0. The van der Waals surface area contributed by atoms with Crippen molar-refractivity contribution in [1.82, 2.24) is 9.38 Å². The minimum absolute atomic E-state index is 0.126. The van der Waals surface area contributed by atoms with Crippen LogP contribution in [0.25, 0.3) is 5.65 Å². The number of amides is 2. The van der Waals surface area contributed by atoms with Gasteiger partial charge in [-0.05, 0) is 43.7 Å². The third kappa shape index (κ3) is 2.76. The van der Waals surface area contributed by atoms with E-state index in [1.807, 2.05) is 55.6 Å². The Kier molecular flexibility index (Phi) is 3.72. The molecule has 0 unspecified atom stereocenters. The van der Waals surface area contributed by atoms with Crippen molar-refractivity contribution in [2.75, 3.05) is 16.8 Å². The van der Waals surface area contributed by atoms with Gasteiger partial charge in [-0.3, -0.25) is 14.0 Å². The standard InChI is InChI=1S/C19H18N4O2/c1-13-18(23-10-3-2-8-16(23)20-13)19(25)21-14-6-4-7-15(12-14)22-11-5-9-17(22)24/h2-4,6-8,10,12H,5,9,11H2,1H3,(H,21,25). The molecule has 0 aliphatic carbocycles. The van der Waals surface area contributed by atoms with E-state index in [-0.39, 0.29) is 11.8 Å². The van der Waals surface area contributed by atoms with Gasteiger partial charge >= 0.3 is 0 Å². The maximum atomic E-state index is 12.8. The largest absolute Gasteiger partial charge is 0.321 e. The van der Waals surface area contributed by atoms with Crippen LogP contribution in [0.4, 0.5) is 11.4 Å². The van der Waals surface area contributed by atoms with Crippen molar-refractivity contribution < 1.29 is 9.59 Å². The number of aromatic nitrogens is 2. The van der Waals surface area contributed by atoms with Crippen molar-refractivity contribution in [1.29, 1.82) is 0 Å². The van der Waals surface area contributed by atoms with E-state index in [2.05, 4.69) is 10.3 Å². The van der Waals surface area contributed by atoms with E-state index in [0.717, 1.165) is 24.3 Å². The van der Waals surface area contributed by atoms with Gasteiger partial charge in [-0.25, -0.2) is 4.98 Å². The van der Waals surface area contributed by atoms with Crippen molar-refractivity contribution in [3.8, 4) is 0 Å². The molecule has 3 heterocycles. The van der Waals surface area contributed by atoms with Gasteiger partial charge in [0.25, 0.3) is 5.91 Å². The highest BCUT2D eigenvalue weighted by Gasteiger charge is 2.22. The molecule has 1 aliphatic rings. The molecule has 1 fully saturated rings. The highest BCUT2D eigenvalue weighted by Crippen LogP contribution is 2.24. The highest BCUT2D eigenvalue weighted by molar-refractivity contribution is 6.05. The van der Waals surface area contributed by atoms with Crippen LogP contribution < -0.4 is 10.2 Å². The molecule has 0 radical (unpaired) electrons. The normalized spacial score (nSPS) is 14.3. The topological polar surface area (TPSA) is 66.7 Å². The van der Waals surface area contributed by atoms with Gasteiger partial charge in [-0.2, -0.15) is 0 Å². The van der Waals surface area contributed by atoms with Crippen molar-refractivity contribution in [2.24, 2.45) is 0 Å². The SMILES string of the molecule is Cc1nc2ccccn2c1C(=O)Nc1cccc(N2CCCC2=O)c1. The number of carbonyl (C=O) groups excluding carboxylic acids is 2. The number of imidazole rings is 1. The lowest BCUT2D eigenvalue weighted by molar-refractivity contribution is -0.117. The summed E-state index contributed by atoms with van der Waals surface area (Å²) in [4.78, 5) is 30.8. The fraction of sp³-hybridized carbons (Fsp3) is 0.211. The molecule has 6 nitrogen and oxygen atoms in total. The number of benzene rings is 1. The first-order valence-corrected chi connectivity index (χ1v) is 8.29. The van der Waals surface area contributed by atoms with Gasteiger partial charge < -0.3 is 10.2 Å². The third-order valence-electron chi connectivity index (χ3n) is 4.41. The fourth-order valence-corrected chi connectivity index (χ4v) is 3.25. The van der Waals surface area contributed by atoms with Crippen LogP contribution >= 0.6 is 0 Å². The van der Waals surface area contributed by atoms with Crippen molar-refractivity contribution in [3.05, 3.63) is 60.0 Å². The molecule has 6 heteroatoms. The number of nitrogens with zero attached hydrogens (tertiary/aromatic N) is 3. The van der Waals surface area contributed by atoms with Crippen LogP contribution in [0.3, 0.4) is 0 Å². The van der Waals surface area contributed by atoms with Gasteiger partial charge in [0.05, 0.1) is 5.69 Å². The Morgan fingerprint density at radius 2 is 2.08 bits per heavy atom. The van der Waals surface area contributed by atoms with Crippen molar-refractivity contribution in [2.45, 2.75) is 19.8 Å². The maximum Gasteiger partial charge on any atom is 0.274 e. The van der Waals surface area contributed by atoms with Gasteiger partial charge in [0.2, 0.25) is 5.91 Å². The van der Waals surface area contributed by atoms with E-state index < -0.39 is 0 Å². The second kappa shape index (κ2) is 6.05. The molecule has 0 atom stereocenters. The number of fused-ring (bicyclic) bond motifs is 1. The smallest absolute Gasteiger partial charge is 0.274 e. The Hall–Kier alpha value is -3.15. The lowest BCUT2D eigenvalue weighted by Gasteiger charge is -2.16. The molecule has 126 valence electrons. The third-order valence-corrected chi connectivity index (χ3v) is 4.41. The lowest BCUT2D eigenvalue weighted by atomic mass is 10.2. The van der Waals surface area contributed by atoms with Crippen LogP contribution in [0.15, 0.2) is 48.7 Å². The van der Waals surface area contributed by atoms with Crippen molar-refractivity contribution in [3.63, 3.8) is 0 Å². The van der Waals surface area contributed by atoms with Gasteiger partial charge in [0.1, 0.15) is 11.3 Å². The van der Waals surface area contributed by atoms with Crippen LogP contribution in [-0.2, 0) is 4.79 Å². The Balaban J connectivity index is 1.62. The average molecular weight is 334 g/mol. The summed E-state index contributed by atoms with van der Waals surface area (Å²) in [5, 5.41) is 2.92. The second-order valence-electron chi connectivity index (χ2n) is 6.13. The van der Waals surface area contributed by atoms with Gasteiger partial charge in [0.15, 0.2) is 0 Å². The zero-order valence-corrected chi connectivity index (χ0v) is 13.9. The minimum Gasteiger partial charge on any atom is -0.321 e. The Morgan fingerprint density at radius 1 is 1.20 bits per heavy atom. The van der Waals surface area contributed by atoms with Crippen LogP contribution in [0.2, 0.25) is 0 Å². The molecular weight excluding hydrogens is 316 g/mol. The number of nitrogens with one attached hydrogen (secondary N) is 1. The van der Waals surface area contributed by atoms with Gasteiger partial charge in [-0.1, -0.05) is 12.1 Å². The maximum absolute atomic E-state index is 12.8. The molecule has 1 N–H and O–H groups in total. The Morgan fingerprint density at radius 3 is 2.88 bits per heavy atom. The summed E-state index contributed by atoms with van der Waals surface area (Å²) >= 11 is 0. The number of aryl methyl sites for hydroxylation is 1. The monoisotopic (exact) mass is 334 g/mol. The van der Waals surface area contributed by atoms with Gasteiger partial charge in [0, 0.05) is 30.5 Å². The van der Waals surface area contributed by atoms with Crippen LogP contribution in [0, 0.1) is 6.92 Å². The number of pyridine rings is 1. The molecule has 1 aliphatic heterocycles. The minimum atomic E-state index is -0.221. The molecule has 0 spiro atoms. The van der Waals surface area contributed by atoms with E-state index in [1.165, 1.54) is 0 Å². The lowest BCUT2D eigenvalue weighted by Crippen LogP contribution is -2.23. The Labute approximate surface area is 145 Å². The summed E-state index contributed by atoms with van der Waals surface area (Å²) in [6.07, 6.45) is 3.28. The van der Waals surface area contributed by atoms with E-state index in [9.17, 15) is 9.59 Å². The molecular formula is C19H18N4O2. The number of hydrogen-bond donors (Lipinski definition) is 1. The van der Waals surface area contributed by atoms with E-state index in [0.29, 0.717) is 23.5 Å². The summed E-state index contributed by atoms with van der Waals surface area (Å²) < 4.78 is 1.78. The zero-order chi connectivity index (χ0) is 17.4. The van der Waals surface area contributed by atoms with Gasteiger partial charge in [-0.15, -0.1) is 0 Å². The van der Waals surface area contributed by atoms with E-state index >= 15 is 0 Å². The predicted octanol–water partition coefficient (Wildman–Crippen LogP) is 3.02. The van der Waals surface area contributed by atoms with E-state index in [1.54, 1.807) is 9.30 Å². The van der Waals surface area contributed by atoms with Crippen LogP contribution in [-0.4, -0.2) is 27.7 Å². The summed E-state index contributed by atoms with van der Waals surface area (Å²) in [5.41, 5.74) is 3.40. The van der Waals surface area contributed by atoms with Crippen molar-refractivity contribution >= 4 is 28.8 Å². The predicted molar refractivity (Wildman–Crippen MR) is 95.9 cm³/mol. The zero-order valence-electron chi connectivity index (χ0n) is 13.9. The molecule has 2 aromatic heterocycles. The number of carbonyl (C=O) groups is 2. The summed E-state index contributed by atoms with van der Waals surface area (Å²) in [6.45, 7) is 2.55. The first kappa shape index (κ1) is 15.4. The van der Waals surface area contributed by atoms with E-state index in [4.69, 9.17) is 0 Å². The first-order chi connectivity index (χ1) is 12.1. The van der Waals surface area contributed by atoms with Crippen LogP contribution in [0.1, 0.15) is 29.0 Å². The quantitative estimate of drug-likeness (QED) is 0.800. The second-order valence-corrected chi connectivity index (χ2v) is 6.13. The number of anilines is 2. The number of hydrogen-bond acceptors (Lipinski definition) is 3.